The maximum absolute atomic E-state index is 12.4. The second-order valence-electron chi connectivity index (χ2n) is 2.99. The molecule has 0 bridgehead atoms. The number of aromatic nitrogens is 1. The van der Waals surface area contributed by atoms with Gasteiger partial charge in [0.25, 0.3) is 5.91 Å². The maximum Gasteiger partial charge on any atom is 0.390 e. The van der Waals surface area contributed by atoms with Crippen LogP contribution in [0.25, 0.3) is 0 Å². The fourth-order valence-corrected chi connectivity index (χ4v) is 0.930. The average Bonchev–Trinajstić information content (AvgIpc) is 2.16. The van der Waals surface area contributed by atoms with Crippen LogP contribution in [-0.4, -0.2) is 23.6 Å². The summed E-state index contributed by atoms with van der Waals surface area (Å²) in [7, 11) is 0. The lowest BCUT2D eigenvalue weighted by atomic mass is 10.2. The van der Waals surface area contributed by atoms with E-state index in [2.05, 4.69) is 10.3 Å². The molecule has 1 aromatic heterocycles. The quantitative estimate of drug-likeness (QED) is 0.643. The lowest BCUT2D eigenvalue weighted by Crippen LogP contribution is -2.28. The van der Waals surface area contributed by atoms with Gasteiger partial charge in [-0.05, 0) is 12.1 Å². The number of hydrogen-bond acceptors (Lipinski definition) is 2. The number of carbonyl (C=O) groups is 1. The molecule has 1 aromatic rings. The highest BCUT2D eigenvalue weighted by atomic mass is 19.4. The van der Waals surface area contributed by atoms with Crippen LogP contribution < -0.4 is 5.32 Å². The molecule has 7 heteroatoms. The molecule has 0 aliphatic heterocycles. The minimum Gasteiger partial charge on any atom is -0.352 e. The van der Waals surface area contributed by atoms with E-state index in [1.807, 2.05) is 0 Å². The Bertz CT molecular complexity index is 361. The number of rotatable bonds is 3. The van der Waals surface area contributed by atoms with Crippen molar-refractivity contribution in [2.75, 3.05) is 6.54 Å². The summed E-state index contributed by atoms with van der Waals surface area (Å²) in [6.45, 7) is -0.514. The molecule has 0 saturated carbocycles. The molecule has 1 rings (SSSR count). The van der Waals surface area contributed by atoms with E-state index in [4.69, 9.17) is 0 Å². The van der Waals surface area contributed by atoms with Crippen molar-refractivity contribution < 1.29 is 22.4 Å². The second-order valence-corrected chi connectivity index (χ2v) is 2.99. The number of pyridine rings is 1. The fourth-order valence-electron chi connectivity index (χ4n) is 0.930. The molecule has 88 valence electrons. The number of amides is 1. The van der Waals surface area contributed by atoms with Crippen molar-refractivity contribution in [3.8, 4) is 0 Å². The minimum absolute atomic E-state index is 0.0172. The highest BCUT2D eigenvalue weighted by molar-refractivity contribution is 5.93. The van der Waals surface area contributed by atoms with Gasteiger partial charge in [-0.2, -0.15) is 17.6 Å². The molecule has 1 amide bonds. The molecule has 0 aliphatic rings. The molecule has 3 nitrogen and oxygen atoms in total. The third kappa shape index (κ3) is 4.24. The van der Waals surface area contributed by atoms with Gasteiger partial charge in [0.05, 0.1) is 12.0 Å². The molecule has 0 saturated heterocycles. The summed E-state index contributed by atoms with van der Waals surface area (Å²) in [6.07, 6.45) is -4.46. The lowest BCUT2D eigenvalue weighted by Gasteiger charge is -2.07. The van der Waals surface area contributed by atoms with Crippen LogP contribution in [0.4, 0.5) is 17.6 Å². The molecule has 0 aromatic carbocycles. The van der Waals surface area contributed by atoms with Crippen LogP contribution in [-0.2, 0) is 0 Å². The van der Waals surface area contributed by atoms with Gasteiger partial charge < -0.3 is 5.32 Å². The largest absolute Gasteiger partial charge is 0.390 e. The van der Waals surface area contributed by atoms with E-state index in [9.17, 15) is 22.4 Å². The van der Waals surface area contributed by atoms with E-state index in [0.29, 0.717) is 0 Å². The lowest BCUT2D eigenvalue weighted by molar-refractivity contribution is -0.132. The Hall–Kier alpha value is -1.66. The van der Waals surface area contributed by atoms with Gasteiger partial charge in [0, 0.05) is 12.7 Å². The molecule has 0 atom stereocenters. The summed E-state index contributed by atoms with van der Waals surface area (Å²) in [6, 6.07) is 2.10. The average molecular weight is 236 g/mol. The Morgan fingerprint density at radius 3 is 2.56 bits per heavy atom. The predicted molar refractivity (Wildman–Crippen MR) is 47.2 cm³/mol. The summed E-state index contributed by atoms with van der Waals surface area (Å²) in [4.78, 5) is 14.4. The summed E-state index contributed by atoms with van der Waals surface area (Å²) in [5, 5.41) is 2.05. The van der Waals surface area contributed by atoms with Gasteiger partial charge in [0.1, 0.15) is 0 Å². The van der Waals surface area contributed by atoms with Gasteiger partial charge >= 0.3 is 6.18 Å². The Labute approximate surface area is 88.5 Å². The summed E-state index contributed by atoms with van der Waals surface area (Å²) in [5.74, 6) is -1.47. The first-order chi connectivity index (χ1) is 7.38. The van der Waals surface area contributed by atoms with Crippen LogP contribution in [0.5, 0.6) is 0 Å². The molecular formula is C9H8F4N2O. The first-order valence-electron chi connectivity index (χ1n) is 4.35. The third-order valence-corrected chi connectivity index (χ3v) is 1.68. The van der Waals surface area contributed by atoms with E-state index < -0.39 is 31.0 Å². The van der Waals surface area contributed by atoms with Crippen molar-refractivity contribution in [2.24, 2.45) is 0 Å². The van der Waals surface area contributed by atoms with Gasteiger partial charge in [-0.1, -0.05) is 0 Å². The van der Waals surface area contributed by atoms with Gasteiger partial charge in [0.2, 0.25) is 5.95 Å². The van der Waals surface area contributed by atoms with Gasteiger partial charge in [-0.15, -0.1) is 0 Å². The number of nitrogens with one attached hydrogen (secondary N) is 1. The molecule has 0 fully saturated rings. The highest BCUT2D eigenvalue weighted by Gasteiger charge is 2.26. The summed E-state index contributed by atoms with van der Waals surface area (Å²) >= 11 is 0. The van der Waals surface area contributed by atoms with Crippen molar-refractivity contribution >= 4 is 5.91 Å². The van der Waals surface area contributed by atoms with E-state index in [1.54, 1.807) is 0 Å². The Balaban J connectivity index is 2.44. The van der Waals surface area contributed by atoms with Gasteiger partial charge in [-0.3, -0.25) is 4.79 Å². The number of nitrogens with zero attached hydrogens (tertiary/aromatic N) is 1. The van der Waals surface area contributed by atoms with E-state index in [-0.39, 0.29) is 5.56 Å². The minimum atomic E-state index is -4.31. The van der Waals surface area contributed by atoms with Crippen molar-refractivity contribution in [2.45, 2.75) is 12.6 Å². The van der Waals surface area contributed by atoms with Crippen LogP contribution in [0.3, 0.4) is 0 Å². The molecule has 0 radical (unpaired) electrons. The van der Waals surface area contributed by atoms with Gasteiger partial charge in [0.15, 0.2) is 0 Å². The zero-order valence-corrected chi connectivity index (χ0v) is 8.01. The topological polar surface area (TPSA) is 42.0 Å². The standard InChI is InChI=1S/C9H8F4N2O/c10-7-2-1-6(5-15-7)8(16)14-4-3-9(11,12)13/h1-2,5H,3-4H2,(H,14,16). The normalized spacial score (nSPS) is 11.2. The van der Waals surface area contributed by atoms with E-state index in [1.165, 1.54) is 0 Å². The van der Waals surface area contributed by atoms with E-state index in [0.717, 1.165) is 18.3 Å². The zero-order chi connectivity index (χ0) is 12.2. The van der Waals surface area contributed by atoms with Gasteiger partial charge in [-0.25, -0.2) is 4.98 Å². The molecule has 1 N–H and O–H groups in total. The highest BCUT2D eigenvalue weighted by Crippen LogP contribution is 2.18. The monoisotopic (exact) mass is 236 g/mol. The molecule has 0 unspecified atom stereocenters. The summed E-state index contributed by atoms with van der Waals surface area (Å²) < 4.78 is 47.6. The number of halogens is 4. The first-order valence-corrected chi connectivity index (χ1v) is 4.35. The van der Waals surface area contributed by atoms with Crippen LogP contribution >= 0.6 is 0 Å². The van der Waals surface area contributed by atoms with Crippen LogP contribution in [0.15, 0.2) is 18.3 Å². The van der Waals surface area contributed by atoms with Crippen molar-refractivity contribution in [3.63, 3.8) is 0 Å². The Morgan fingerprint density at radius 2 is 2.06 bits per heavy atom. The molecule has 0 spiro atoms. The molecule has 0 aliphatic carbocycles. The van der Waals surface area contributed by atoms with Crippen LogP contribution in [0.1, 0.15) is 16.8 Å². The van der Waals surface area contributed by atoms with E-state index >= 15 is 0 Å². The molecule has 1 heterocycles. The number of alkyl halides is 3. The predicted octanol–water partition coefficient (Wildman–Crippen LogP) is 1.90. The first kappa shape index (κ1) is 12.4. The summed E-state index contributed by atoms with van der Waals surface area (Å²) in [5.41, 5.74) is 0.0172. The van der Waals surface area contributed by atoms with Crippen LogP contribution in [0.2, 0.25) is 0 Å². The second kappa shape index (κ2) is 4.91. The zero-order valence-electron chi connectivity index (χ0n) is 8.01. The third-order valence-electron chi connectivity index (χ3n) is 1.68. The molecular weight excluding hydrogens is 228 g/mol. The van der Waals surface area contributed by atoms with Crippen molar-refractivity contribution in [3.05, 3.63) is 29.8 Å². The fraction of sp³-hybridized carbons (Fsp3) is 0.333. The van der Waals surface area contributed by atoms with Crippen molar-refractivity contribution in [1.29, 1.82) is 0 Å². The SMILES string of the molecule is O=C(NCCC(F)(F)F)c1ccc(F)nc1. The number of hydrogen-bond donors (Lipinski definition) is 1. The Morgan fingerprint density at radius 1 is 1.38 bits per heavy atom. The Kier molecular flexibility index (Phi) is 3.81. The van der Waals surface area contributed by atoms with Crippen molar-refractivity contribution in [1.82, 2.24) is 10.3 Å². The maximum atomic E-state index is 12.4. The van der Waals surface area contributed by atoms with Crippen LogP contribution in [0, 0.1) is 5.95 Å². The molecule has 16 heavy (non-hydrogen) atoms. The smallest absolute Gasteiger partial charge is 0.352 e. The number of carbonyl (C=O) groups excluding carboxylic acids is 1.